The molecule has 3 aromatic rings. The Balaban J connectivity index is 1.82. The Bertz CT molecular complexity index is 1010. The van der Waals surface area contributed by atoms with Gasteiger partial charge in [-0.15, -0.1) is 0 Å². The van der Waals surface area contributed by atoms with Gasteiger partial charge in [-0.3, -0.25) is 4.79 Å². The van der Waals surface area contributed by atoms with Gasteiger partial charge in [0.05, 0.1) is 24.8 Å². The molecule has 0 aliphatic carbocycles. The van der Waals surface area contributed by atoms with E-state index in [2.05, 4.69) is 0 Å². The lowest BCUT2D eigenvalue weighted by Gasteiger charge is -2.24. The van der Waals surface area contributed by atoms with Gasteiger partial charge in [-0.1, -0.05) is 41.9 Å². The van der Waals surface area contributed by atoms with E-state index < -0.39 is 0 Å². The molecular weight excluding hydrogens is 405 g/mol. The quantitative estimate of drug-likeness (QED) is 0.484. The average molecular weight is 428 g/mol. The molecule has 4 nitrogen and oxygen atoms in total. The molecule has 6 heteroatoms. The molecule has 0 atom stereocenters. The summed E-state index contributed by atoms with van der Waals surface area (Å²) in [4.78, 5) is 14.9. The molecule has 3 aromatic carbocycles. The first-order valence-corrected chi connectivity index (χ1v) is 9.88. The van der Waals surface area contributed by atoms with Crippen molar-refractivity contribution in [3.63, 3.8) is 0 Å². The Labute approximate surface area is 180 Å². The van der Waals surface area contributed by atoms with Crippen LogP contribution in [0.4, 0.5) is 4.39 Å². The predicted octanol–water partition coefficient (Wildman–Crippen LogP) is 5.38. The van der Waals surface area contributed by atoms with E-state index in [1.807, 2.05) is 18.2 Å². The molecule has 0 heterocycles. The Hall–Kier alpha value is -3.05. The zero-order chi connectivity index (χ0) is 21.5. The van der Waals surface area contributed by atoms with Crippen molar-refractivity contribution in [3.8, 4) is 11.5 Å². The van der Waals surface area contributed by atoms with Crippen molar-refractivity contribution in [2.75, 3.05) is 20.8 Å². The lowest BCUT2D eigenvalue weighted by Crippen LogP contribution is -2.32. The number of hydrogen-bond donors (Lipinski definition) is 0. The molecule has 3 rings (SSSR count). The van der Waals surface area contributed by atoms with Crippen molar-refractivity contribution in [1.29, 1.82) is 0 Å². The van der Waals surface area contributed by atoms with Gasteiger partial charge >= 0.3 is 0 Å². The van der Waals surface area contributed by atoms with E-state index in [1.165, 1.54) is 12.1 Å². The molecule has 0 saturated heterocycles. The maximum Gasteiger partial charge on any atom is 0.255 e. The fourth-order valence-electron chi connectivity index (χ4n) is 3.17. The van der Waals surface area contributed by atoms with Crippen LogP contribution in [0, 0.1) is 5.82 Å². The minimum atomic E-state index is -0.312. The standard InChI is InChI=1S/C24H23ClFNO3/c1-29-22-12-9-17(15-23(22)30-2)13-14-27(16-18-7-10-19(26)11-8-18)24(28)20-5-3-4-6-21(20)25/h3-12,15H,13-14,16H2,1-2H3. The van der Waals surface area contributed by atoms with Gasteiger partial charge in [-0.25, -0.2) is 4.39 Å². The summed E-state index contributed by atoms with van der Waals surface area (Å²) in [5.74, 6) is 0.799. The van der Waals surface area contributed by atoms with Crippen LogP contribution in [0.2, 0.25) is 5.02 Å². The van der Waals surface area contributed by atoms with Crippen LogP contribution in [0.3, 0.4) is 0 Å². The van der Waals surface area contributed by atoms with Crippen LogP contribution in [-0.2, 0) is 13.0 Å². The Morgan fingerprint density at radius 3 is 2.27 bits per heavy atom. The largest absolute Gasteiger partial charge is 0.493 e. The topological polar surface area (TPSA) is 38.8 Å². The van der Waals surface area contributed by atoms with Crippen LogP contribution in [0.1, 0.15) is 21.5 Å². The third-order valence-corrected chi connectivity index (χ3v) is 5.13. The number of nitrogens with zero attached hydrogens (tertiary/aromatic N) is 1. The zero-order valence-electron chi connectivity index (χ0n) is 16.9. The van der Waals surface area contributed by atoms with E-state index >= 15 is 0 Å². The number of carbonyl (C=O) groups excluding carboxylic acids is 1. The summed E-state index contributed by atoms with van der Waals surface area (Å²) < 4.78 is 23.9. The van der Waals surface area contributed by atoms with E-state index in [4.69, 9.17) is 21.1 Å². The van der Waals surface area contributed by atoms with Crippen molar-refractivity contribution >= 4 is 17.5 Å². The molecule has 1 amide bonds. The van der Waals surface area contributed by atoms with Crippen LogP contribution < -0.4 is 9.47 Å². The minimum absolute atomic E-state index is 0.176. The summed E-state index contributed by atoms with van der Waals surface area (Å²) >= 11 is 6.25. The second-order valence-corrected chi connectivity index (χ2v) is 7.18. The van der Waals surface area contributed by atoms with Crippen LogP contribution in [0.25, 0.3) is 0 Å². The van der Waals surface area contributed by atoms with E-state index in [1.54, 1.807) is 55.5 Å². The smallest absolute Gasteiger partial charge is 0.255 e. The van der Waals surface area contributed by atoms with Gasteiger partial charge < -0.3 is 14.4 Å². The summed E-state index contributed by atoms with van der Waals surface area (Å²) in [7, 11) is 3.17. The van der Waals surface area contributed by atoms with Gasteiger partial charge in [0.25, 0.3) is 5.91 Å². The summed E-state index contributed by atoms with van der Waals surface area (Å²) in [6.45, 7) is 0.800. The number of ether oxygens (including phenoxy) is 2. The van der Waals surface area contributed by atoms with Crippen molar-refractivity contribution in [1.82, 2.24) is 4.90 Å². The van der Waals surface area contributed by atoms with Crippen molar-refractivity contribution in [2.24, 2.45) is 0 Å². The highest BCUT2D eigenvalue weighted by atomic mass is 35.5. The molecule has 156 valence electrons. The summed E-state index contributed by atoms with van der Waals surface area (Å²) in [5.41, 5.74) is 2.28. The Morgan fingerprint density at radius 1 is 0.933 bits per heavy atom. The average Bonchev–Trinajstić information content (AvgIpc) is 2.77. The minimum Gasteiger partial charge on any atom is -0.493 e. The highest BCUT2D eigenvalue weighted by molar-refractivity contribution is 6.33. The molecule has 0 spiro atoms. The number of benzene rings is 3. The zero-order valence-corrected chi connectivity index (χ0v) is 17.7. The first kappa shape index (κ1) is 21.7. The monoisotopic (exact) mass is 427 g/mol. The summed E-state index contributed by atoms with van der Waals surface area (Å²) in [6, 6.07) is 18.8. The Morgan fingerprint density at radius 2 is 1.60 bits per heavy atom. The van der Waals surface area contributed by atoms with E-state index in [0.717, 1.165) is 11.1 Å². The normalized spacial score (nSPS) is 10.5. The highest BCUT2D eigenvalue weighted by Gasteiger charge is 2.19. The van der Waals surface area contributed by atoms with Crippen LogP contribution in [0.15, 0.2) is 66.7 Å². The van der Waals surface area contributed by atoms with Gasteiger partial charge in [0, 0.05) is 13.1 Å². The number of halogens is 2. The van der Waals surface area contributed by atoms with Gasteiger partial charge in [0.1, 0.15) is 5.82 Å². The van der Waals surface area contributed by atoms with Gasteiger partial charge in [0.2, 0.25) is 0 Å². The van der Waals surface area contributed by atoms with E-state index in [-0.39, 0.29) is 11.7 Å². The number of hydrogen-bond acceptors (Lipinski definition) is 3. The summed E-state index contributed by atoms with van der Waals surface area (Å²) in [6.07, 6.45) is 0.609. The number of rotatable bonds is 8. The van der Waals surface area contributed by atoms with Gasteiger partial charge in [0.15, 0.2) is 11.5 Å². The van der Waals surface area contributed by atoms with Crippen molar-refractivity contribution in [2.45, 2.75) is 13.0 Å². The van der Waals surface area contributed by atoms with Gasteiger partial charge in [-0.2, -0.15) is 0 Å². The maximum absolute atomic E-state index is 13.3. The fraction of sp³-hybridized carbons (Fsp3) is 0.208. The molecule has 0 saturated carbocycles. The molecule has 0 fully saturated rings. The molecule has 30 heavy (non-hydrogen) atoms. The van der Waals surface area contributed by atoms with Gasteiger partial charge in [-0.05, 0) is 53.9 Å². The molecule has 0 aliphatic rings. The van der Waals surface area contributed by atoms with Crippen LogP contribution >= 0.6 is 11.6 Å². The first-order chi connectivity index (χ1) is 14.5. The lowest BCUT2D eigenvalue weighted by atomic mass is 10.1. The number of amides is 1. The first-order valence-electron chi connectivity index (χ1n) is 9.51. The Kier molecular flexibility index (Phi) is 7.31. The number of carbonyl (C=O) groups is 1. The SMILES string of the molecule is COc1ccc(CCN(Cc2ccc(F)cc2)C(=O)c2ccccc2Cl)cc1OC. The third-order valence-electron chi connectivity index (χ3n) is 4.80. The second kappa shape index (κ2) is 10.1. The van der Waals surface area contributed by atoms with Crippen LogP contribution in [0.5, 0.6) is 11.5 Å². The fourth-order valence-corrected chi connectivity index (χ4v) is 3.38. The maximum atomic E-state index is 13.3. The second-order valence-electron chi connectivity index (χ2n) is 6.77. The molecular formula is C24H23ClFNO3. The van der Waals surface area contributed by atoms with Crippen LogP contribution in [-0.4, -0.2) is 31.6 Å². The molecule has 0 aromatic heterocycles. The molecule has 0 aliphatic heterocycles. The molecule has 0 N–H and O–H groups in total. The molecule has 0 bridgehead atoms. The van der Waals surface area contributed by atoms with Crippen molar-refractivity contribution < 1.29 is 18.7 Å². The van der Waals surface area contributed by atoms with Crippen molar-refractivity contribution in [3.05, 3.63) is 94.3 Å². The predicted molar refractivity (Wildman–Crippen MR) is 116 cm³/mol. The summed E-state index contributed by atoms with van der Waals surface area (Å²) in [5, 5.41) is 0.401. The number of methoxy groups -OCH3 is 2. The third kappa shape index (κ3) is 5.30. The molecule has 0 radical (unpaired) electrons. The lowest BCUT2D eigenvalue weighted by molar-refractivity contribution is 0.0745. The molecule has 0 unspecified atom stereocenters. The van der Waals surface area contributed by atoms with E-state index in [9.17, 15) is 9.18 Å². The van der Waals surface area contributed by atoms with E-state index in [0.29, 0.717) is 41.6 Å². The highest BCUT2D eigenvalue weighted by Crippen LogP contribution is 2.28.